The minimum atomic E-state index is 0.457. The third kappa shape index (κ3) is 2.96. The molecule has 0 aliphatic carbocycles. The minimum Gasteiger partial charge on any atom is -0.494 e. The van der Waals surface area contributed by atoms with E-state index in [1.807, 2.05) is 12.1 Å². The van der Waals surface area contributed by atoms with Crippen LogP contribution in [0.15, 0.2) is 36.9 Å². The average molecular weight is 376 g/mol. The fourth-order valence-corrected chi connectivity index (χ4v) is 4.46. The molecule has 3 aromatic heterocycles. The van der Waals surface area contributed by atoms with Crippen LogP contribution in [0.5, 0.6) is 5.75 Å². The summed E-state index contributed by atoms with van der Waals surface area (Å²) in [5.74, 6) is 2.36. The second-order valence-corrected chi connectivity index (χ2v) is 7.76. The zero-order chi connectivity index (χ0) is 19.0. The topological polar surface area (TPSA) is 76.1 Å². The van der Waals surface area contributed by atoms with Gasteiger partial charge in [-0.05, 0) is 43.4 Å². The number of nitrogens with zero attached hydrogens (tertiary/aromatic N) is 5. The molecule has 0 bridgehead atoms. The average Bonchev–Trinajstić information content (AvgIpc) is 3.21. The predicted octanol–water partition coefficient (Wildman–Crippen LogP) is 2.68. The molecule has 28 heavy (non-hydrogen) atoms. The molecule has 5 rings (SSSR count). The molecule has 0 atom stereocenters. The molecule has 1 N–H and O–H groups in total. The Morgan fingerprint density at radius 3 is 2.57 bits per heavy atom. The molecule has 2 aliphatic heterocycles. The molecule has 7 heteroatoms. The van der Waals surface area contributed by atoms with Crippen molar-refractivity contribution >= 4 is 16.7 Å². The van der Waals surface area contributed by atoms with Gasteiger partial charge in [0.05, 0.1) is 30.4 Å². The first-order valence-electron chi connectivity index (χ1n) is 9.84. The van der Waals surface area contributed by atoms with Crippen molar-refractivity contribution in [2.24, 2.45) is 5.41 Å². The van der Waals surface area contributed by atoms with Crippen molar-refractivity contribution in [3.8, 4) is 17.1 Å². The third-order valence-corrected chi connectivity index (χ3v) is 6.17. The highest BCUT2D eigenvalue weighted by molar-refractivity contribution is 5.95. The van der Waals surface area contributed by atoms with Crippen molar-refractivity contribution in [3.05, 3.63) is 36.9 Å². The van der Waals surface area contributed by atoms with Gasteiger partial charge in [-0.2, -0.15) is 0 Å². The number of anilines is 1. The van der Waals surface area contributed by atoms with E-state index in [0.29, 0.717) is 11.2 Å². The van der Waals surface area contributed by atoms with Crippen LogP contribution in [0, 0.1) is 5.41 Å². The lowest BCUT2D eigenvalue weighted by molar-refractivity contribution is 0.247. The first kappa shape index (κ1) is 17.3. The molecule has 5 heterocycles. The van der Waals surface area contributed by atoms with Crippen molar-refractivity contribution in [1.29, 1.82) is 0 Å². The fourth-order valence-electron chi connectivity index (χ4n) is 4.46. The van der Waals surface area contributed by atoms with E-state index in [4.69, 9.17) is 14.7 Å². The molecule has 7 nitrogen and oxygen atoms in total. The number of fused-ring (bicyclic) bond motifs is 1. The van der Waals surface area contributed by atoms with Crippen molar-refractivity contribution in [2.45, 2.75) is 19.3 Å². The Hall–Kier alpha value is -2.80. The number of hydrogen-bond acceptors (Lipinski definition) is 7. The molecule has 1 spiro atoms. The summed E-state index contributed by atoms with van der Waals surface area (Å²) in [5, 5.41) is 4.48. The molecule has 0 aromatic carbocycles. The molecular weight excluding hydrogens is 352 g/mol. The van der Waals surface area contributed by atoms with Crippen LogP contribution in [0.4, 0.5) is 5.82 Å². The highest BCUT2D eigenvalue weighted by Gasteiger charge is 2.37. The van der Waals surface area contributed by atoms with Gasteiger partial charge >= 0.3 is 0 Å². The maximum Gasteiger partial charge on any atom is 0.162 e. The summed E-state index contributed by atoms with van der Waals surface area (Å²) in [6.45, 7) is 4.27. The Bertz CT molecular complexity index is 977. The lowest BCUT2D eigenvalue weighted by Gasteiger charge is -2.39. The number of ether oxygens (including phenoxy) is 1. The Morgan fingerprint density at radius 2 is 1.86 bits per heavy atom. The van der Waals surface area contributed by atoms with Gasteiger partial charge in [0.25, 0.3) is 0 Å². The van der Waals surface area contributed by atoms with Crippen LogP contribution in [0.3, 0.4) is 0 Å². The summed E-state index contributed by atoms with van der Waals surface area (Å²) < 4.78 is 5.61. The van der Waals surface area contributed by atoms with Gasteiger partial charge in [-0.3, -0.25) is 9.97 Å². The molecule has 2 saturated heterocycles. The van der Waals surface area contributed by atoms with E-state index in [2.05, 4.69) is 20.2 Å². The quantitative estimate of drug-likeness (QED) is 0.753. The zero-order valence-electron chi connectivity index (χ0n) is 16.1. The van der Waals surface area contributed by atoms with Crippen LogP contribution < -0.4 is 15.0 Å². The van der Waals surface area contributed by atoms with E-state index < -0.39 is 0 Å². The van der Waals surface area contributed by atoms with E-state index >= 15 is 0 Å². The second kappa shape index (κ2) is 6.98. The number of hydrogen-bond donors (Lipinski definition) is 1. The Labute approximate surface area is 164 Å². The first-order valence-corrected chi connectivity index (χ1v) is 9.84. The van der Waals surface area contributed by atoms with E-state index in [9.17, 15) is 0 Å². The normalized spacial score (nSPS) is 18.7. The molecule has 2 aliphatic rings. The summed E-state index contributed by atoms with van der Waals surface area (Å²) >= 11 is 0. The van der Waals surface area contributed by atoms with Crippen molar-refractivity contribution in [1.82, 2.24) is 25.3 Å². The van der Waals surface area contributed by atoms with Crippen LogP contribution in [-0.4, -0.2) is 53.2 Å². The minimum absolute atomic E-state index is 0.457. The van der Waals surface area contributed by atoms with Crippen molar-refractivity contribution in [2.75, 3.05) is 38.2 Å². The third-order valence-electron chi connectivity index (χ3n) is 6.17. The molecule has 0 amide bonds. The van der Waals surface area contributed by atoms with E-state index in [-0.39, 0.29) is 0 Å². The van der Waals surface area contributed by atoms with Gasteiger partial charge in [0.15, 0.2) is 5.82 Å². The monoisotopic (exact) mass is 376 g/mol. The van der Waals surface area contributed by atoms with Gasteiger partial charge in [-0.1, -0.05) is 0 Å². The maximum absolute atomic E-state index is 5.61. The number of aromatic nitrogens is 4. The van der Waals surface area contributed by atoms with E-state index in [0.717, 1.165) is 54.2 Å². The zero-order valence-corrected chi connectivity index (χ0v) is 16.1. The fraction of sp³-hybridized carbons (Fsp3) is 0.429. The highest BCUT2D eigenvalue weighted by Crippen LogP contribution is 2.40. The summed E-state index contributed by atoms with van der Waals surface area (Å²) in [6, 6.07) is 3.88. The standard InChI is InChI=1S/C21H24N6O/c1-28-17-13-24-12-16-18(17)20(26-19(25-16)15-2-7-22-8-3-15)27-10-5-21(6-11-27)4-9-23-14-21/h2-3,7-8,12-13,23H,4-6,9-11,14H2,1H3. The van der Waals surface area contributed by atoms with E-state index in [1.54, 1.807) is 31.9 Å². The number of methoxy groups -OCH3 is 1. The lowest BCUT2D eigenvalue weighted by Crippen LogP contribution is -2.41. The number of nitrogens with one attached hydrogen (secondary N) is 1. The van der Waals surface area contributed by atoms with E-state index in [1.165, 1.54) is 19.3 Å². The van der Waals surface area contributed by atoms with Crippen molar-refractivity contribution in [3.63, 3.8) is 0 Å². The van der Waals surface area contributed by atoms with Gasteiger partial charge in [0, 0.05) is 37.6 Å². The van der Waals surface area contributed by atoms with Crippen LogP contribution >= 0.6 is 0 Å². The molecule has 0 unspecified atom stereocenters. The van der Waals surface area contributed by atoms with Crippen molar-refractivity contribution < 1.29 is 4.74 Å². The second-order valence-electron chi connectivity index (χ2n) is 7.76. The SMILES string of the molecule is COc1cncc2nc(-c3ccncc3)nc(N3CCC4(CCNC4)CC3)c12. The maximum atomic E-state index is 5.61. The largest absolute Gasteiger partial charge is 0.494 e. The van der Waals surface area contributed by atoms with Crippen LogP contribution in [0.2, 0.25) is 0 Å². The molecule has 144 valence electrons. The van der Waals surface area contributed by atoms with Gasteiger partial charge in [-0.15, -0.1) is 0 Å². The molecular formula is C21H24N6O. The lowest BCUT2D eigenvalue weighted by atomic mass is 9.78. The van der Waals surface area contributed by atoms with Gasteiger partial charge in [-0.25, -0.2) is 9.97 Å². The summed E-state index contributed by atoms with van der Waals surface area (Å²) in [7, 11) is 1.67. The Morgan fingerprint density at radius 1 is 1.04 bits per heavy atom. The molecule has 0 saturated carbocycles. The van der Waals surface area contributed by atoms with Crippen LogP contribution in [0.1, 0.15) is 19.3 Å². The summed E-state index contributed by atoms with van der Waals surface area (Å²) in [5.41, 5.74) is 2.22. The predicted molar refractivity (Wildman–Crippen MR) is 108 cm³/mol. The number of piperidine rings is 1. The van der Waals surface area contributed by atoms with Crippen LogP contribution in [0.25, 0.3) is 22.3 Å². The number of pyridine rings is 2. The summed E-state index contributed by atoms with van der Waals surface area (Å²) in [4.78, 5) is 20.6. The Balaban J connectivity index is 1.59. The summed E-state index contributed by atoms with van der Waals surface area (Å²) in [6.07, 6.45) is 10.7. The Kier molecular flexibility index (Phi) is 4.31. The molecule has 0 radical (unpaired) electrons. The van der Waals surface area contributed by atoms with Crippen LogP contribution in [-0.2, 0) is 0 Å². The van der Waals surface area contributed by atoms with Gasteiger partial charge in [0.1, 0.15) is 11.6 Å². The molecule has 2 fully saturated rings. The highest BCUT2D eigenvalue weighted by atomic mass is 16.5. The van der Waals surface area contributed by atoms with Gasteiger partial charge in [0.2, 0.25) is 0 Å². The first-order chi connectivity index (χ1) is 13.8. The molecule has 3 aromatic rings. The van der Waals surface area contributed by atoms with Gasteiger partial charge < -0.3 is 15.0 Å². The number of rotatable bonds is 3. The smallest absolute Gasteiger partial charge is 0.162 e.